The van der Waals surface area contributed by atoms with Gasteiger partial charge in [-0.25, -0.2) is 0 Å². The van der Waals surface area contributed by atoms with E-state index in [-0.39, 0.29) is 18.6 Å². The summed E-state index contributed by atoms with van der Waals surface area (Å²) in [4.78, 5) is 17.7. The van der Waals surface area contributed by atoms with Crippen LogP contribution in [0, 0.1) is 0 Å². The minimum Gasteiger partial charge on any atom is -0.484 e. The van der Waals surface area contributed by atoms with E-state index in [4.69, 9.17) is 4.74 Å². The van der Waals surface area contributed by atoms with E-state index >= 15 is 0 Å². The van der Waals surface area contributed by atoms with Crippen LogP contribution in [0.4, 0.5) is 0 Å². The average Bonchev–Trinajstić information content (AvgIpc) is 3.32. The predicted octanol–water partition coefficient (Wildman–Crippen LogP) is 3.25. The van der Waals surface area contributed by atoms with E-state index in [1.165, 1.54) is 24.0 Å². The predicted molar refractivity (Wildman–Crippen MR) is 88.4 cm³/mol. The fraction of sp³-hybridized carbons (Fsp3) is 0.421. The number of H-pyrrole nitrogens is 1. The van der Waals surface area contributed by atoms with Crippen molar-refractivity contribution in [2.75, 3.05) is 13.2 Å². The van der Waals surface area contributed by atoms with Gasteiger partial charge in [0, 0.05) is 18.4 Å². The molecule has 1 atom stereocenters. The Morgan fingerprint density at radius 1 is 1.22 bits per heavy atom. The van der Waals surface area contributed by atoms with Gasteiger partial charge in [0.15, 0.2) is 6.61 Å². The lowest BCUT2D eigenvalue weighted by atomic mass is 10.1. The summed E-state index contributed by atoms with van der Waals surface area (Å²) >= 11 is 0. The summed E-state index contributed by atoms with van der Waals surface area (Å²) in [5, 5.41) is 0. The highest BCUT2D eigenvalue weighted by Gasteiger charge is 2.30. The van der Waals surface area contributed by atoms with E-state index in [2.05, 4.69) is 23.2 Å². The SMILES string of the molecule is O=C(COc1ccc2c(c1)CCC2)N1CCCC1c1ccc[nH]1. The number of aryl methyl sites for hydroxylation is 2. The number of amides is 1. The second kappa shape index (κ2) is 6.11. The van der Waals surface area contributed by atoms with Gasteiger partial charge in [0.05, 0.1) is 6.04 Å². The number of likely N-dealkylation sites (tertiary alicyclic amines) is 1. The Balaban J connectivity index is 1.40. The summed E-state index contributed by atoms with van der Waals surface area (Å²) in [6, 6.07) is 10.4. The highest BCUT2D eigenvalue weighted by Crippen LogP contribution is 2.31. The van der Waals surface area contributed by atoms with Crippen molar-refractivity contribution < 1.29 is 9.53 Å². The second-order valence-electron chi connectivity index (χ2n) is 6.44. The number of hydrogen-bond acceptors (Lipinski definition) is 2. The molecular weight excluding hydrogens is 288 g/mol. The highest BCUT2D eigenvalue weighted by molar-refractivity contribution is 5.78. The first-order valence-corrected chi connectivity index (χ1v) is 8.48. The number of rotatable bonds is 4. The van der Waals surface area contributed by atoms with Gasteiger partial charge in [-0.1, -0.05) is 6.07 Å². The number of benzene rings is 1. The molecule has 2 aromatic rings. The molecular formula is C19H22N2O2. The van der Waals surface area contributed by atoms with Crippen LogP contribution in [0.15, 0.2) is 36.5 Å². The van der Waals surface area contributed by atoms with Gasteiger partial charge >= 0.3 is 0 Å². The van der Waals surface area contributed by atoms with E-state index in [1.54, 1.807) is 0 Å². The molecule has 1 aliphatic carbocycles. The Bertz CT molecular complexity index is 693. The van der Waals surface area contributed by atoms with Crippen molar-refractivity contribution in [3.05, 3.63) is 53.3 Å². The lowest BCUT2D eigenvalue weighted by molar-refractivity contribution is -0.134. The van der Waals surface area contributed by atoms with Crippen LogP contribution in [0.2, 0.25) is 0 Å². The largest absolute Gasteiger partial charge is 0.484 e. The topological polar surface area (TPSA) is 45.3 Å². The Morgan fingerprint density at radius 3 is 3.00 bits per heavy atom. The van der Waals surface area contributed by atoms with Crippen LogP contribution in [-0.2, 0) is 17.6 Å². The molecule has 120 valence electrons. The first-order chi connectivity index (χ1) is 11.3. The van der Waals surface area contributed by atoms with Crippen molar-refractivity contribution in [2.24, 2.45) is 0 Å². The maximum absolute atomic E-state index is 12.5. The molecule has 4 heteroatoms. The van der Waals surface area contributed by atoms with Crippen LogP contribution in [0.3, 0.4) is 0 Å². The van der Waals surface area contributed by atoms with Gasteiger partial charge in [-0.2, -0.15) is 0 Å². The molecule has 1 aromatic heterocycles. The molecule has 1 amide bonds. The zero-order valence-corrected chi connectivity index (χ0v) is 13.3. The van der Waals surface area contributed by atoms with E-state index in [9.17, 15) is 4.79 Å². The van der Waals surface area contributed by atoms with E-state index < -0.39 is 0 Å². The number of ether oxygens (including phenoxy) is 1. The molecule has 1 aromatic carbocycles. The maximum Gasteiger partial charge on any atom is 0.261 e. The third-order valence-corrected chi connectivity index (χ3v) is 4.99. The summed E-state index contributed by atoms with van der Waals surface area (Å²) in [6.07, 6.45) is 7.50. The molecule has 0 saturated carbocycles. The molecule has 23 heavy (non-hydrogen) atoms. The van der Waals surface area contributed by atoms with Crippen LogP contribution in [-0.4, -0.2) is 28.9 Å². The fourth-order valence-electron chi connectivity index (χ4n) is 3.81. The first kappa shape index (κ1) is 14.4. The van der Waals surface area contributed by atoms with Crippen molar-refractivity contribution >= 4 is 5.91 Å². The number of aromatic nitrogens is 1. The Labute approximate surface area is 136 Å². The van der Waals surface area contributed by atoms with Gasteiger partial charge in [0.1, 0.15) is 5.75 Å². The van der Waals surface area contributed by atoms with E-state index in [0.717, 1.165) is 37.3 Å². The van der Waals surface area contributed by atoms with Crippen molar-refractivity contribution in [3.8, 4) is 5.75 Å². The minimum absolute atomic E-state index is 0.0719. The van der Waals surface area contributed by atoms with Crippen LogP contribution in [0.5, 0.6) is 5.75 Å². The van der Waals surface area contributed by atoms with E-state index in [0.29, 0.717) is 0 Å². The molecule has 1 unspecified atom stereocenters. The molecule has 2 aliphatic rings. The Kier molecular flexibility index (Phi) is 3.82. The number of nitrogens with one attached hydrogen (secondary N) is 1. The van der Waals surface area contributed by atoms with Crippen molar-refractivity contribution in [2.45, 2.75) is 38.1 Å². The summed E-state index contributed by atoms with van der Waals surface area (Å²) in [5.74, 6) is 0.886. The maximum atomic E-state index is 12.5. The van der Waals surface area contributed by atoms with E-state index in [1.807, 2.05) is 23.2 Å². The molecule has 4 nitrogen and oxygen atoms in total. The highest BCUT2D eigenvalue weighted by atomic mass is 16.5. The minimum atomic E-state index is 0.0719. The normalized spacial score (nSPS) is 19.8. The average molecular weight is 310 g/mol. The summed E-state index contributed by atoms with van der Waals surface area (Å²) in [7, 11) is 0. The van der Waals surface area contributed by atoms with Crippen LogP contribution >= 0.6 is 0 Å². The zero-order chi connectivity index (χ0) is 15.6. The second-order valence-corrected chi connectivity index (χ2v) is 6.44. The third-order valence-electron chi connectivity index (χ3n) is 4.99. The molecule has 0 radical (unpaired) electrons. The number of nitrogens with zero attached hydrogens (tertiary/aromatic N) is 1. The van der Waals surface area contributed by atoms with Gasteiger partial charge in [0.25, 0.3) is 5.91 Å². The van der Waals surface area contributed by atoms with Gasteiger partial charge in [-0.3, -0.25) is 4.79 Å². The van der Waals surface area contributed by atoms with Crippen LogP contribution in [0.25, 0.3) is 0 Å². The quantitative estimate of drug-likeness (QED) is 0.942. The molecule has 2 heterocycles. The molecule has 1 N–H and O–H groups in total. The monoisotopic (exact) mass is 310 g/mol. The number of aromatic amines is 1. The molecule has 4 rings (SSSR count). The summed E-state index contributed by atoms with van der Waals surface area (Å²) < 4.78 is 5.77. The van der Waals surface area contributed by atoms with Gasteiger partial charge in [-0.15, -0.1) is 0 Å². The van der Waals surface area contributed by atoms with Crippen LogP contribution < -0.4 is 4.74 Å². The van der Waals surface area contributed by atoms with Crippen LogP contribution in [0.1, 0.15) is 42.1 Å². The Morgan fingerprint density at radius 2 is 2.13 bits per heavy atom. The number of carbonyl (C=O) groups is 1. The molecule has 1 fully saturated rings. The standard InChI is InChI=1S/C19H22N2O2/c22-19(21-11-3-7-18(21)17-6-2-10-20-17)13-23-16-9-8-14-4-1-5-15(14)12-16/h2,6,8-10,12,18,20H,1,3-5,7,11,13H2. The van der Waals surface area contributed by atoms with Crippen molar-refractivity contribution in [1.82, 2.24) is 9.88 Å². The van der Waals surface area contributed by atoms with Crippen molar-refractivity contribution in [1.29, 1.82) is 0 Å². The van der Waals surface area contributed by atoms with Gasteiger partial charge < -0.3 is 14.6 Å². The zero-order valence-electron chi connectivity index (χ0n) is 13.3. The fourth-order valence-corrected chi connectivity index (χ4v) is 3.81. The number of hydrogen-bond donors (Lipinski definition) is 1. The molecule has 0 spiro atoms. The first-order valence-electron chi connectivity index (χ1n) is 8.48. The lowest BCUT2D eigenvalue weighted by Crippen LogP contribution is -2.34. The smallest absolute Gasteiger partial charge is 0.261 e. The number of carbonyl (C=O) groups excluding carboxylic acids is 1. The number of fused-ring (bicyclic) bond motifs is 1. The van der Waals surface area contributed by atoms with Gasteiger partial charge in [-0.05, 0) is 67.5 Å². The van der Waals surface area contributed by atoms with Gasteiger partial charge in [0.2, 0.25) is 0 Å². The molecule has 1 saturated heterocycles. The summed E-state index contributed by atoms with van der Waals surface area (Å²) in [6.45, 7) is 0.937. The van der Waals surface area contributed by atoms with Crippen molar-refractivity contribution in [3.63, 3.8) is 0 Å². The summed E-state index contributed by atoms with van der Waals surface area (Å²) in [5.41, 5.74) is 3.92. The lowest BCUT2D eigenvalue weighted by Gasteiger charge is -2.24. The Hall–Kier alpha value is -2.23. The molecule has 1 aliphatic heterocycles. The third kappa shape index (κ3) is 2.85. The molecule has 0 bridgehead atoms.